The summed E-state index contributed by atoms with van der Waals surface area (Å²) in [6.07, 6.45) is 6.08. The first-order valence-corrected chi connectivity index (χ1v) is 8.67. The lowest BCUT2D eigenvalue weighted by Gasteiger charge is -2.35. The molecule has 2 fully saturated rings. The molecule has 1 saturated heterocycles. The van der Waals surface area contributed by atoms with Gasteiger partial charge in [-0.15, -0.1) is 0 Å². The van der Waals surface area contributed by atoms with Crippen molar-refractivity contribution in [3.8, 4) is 11.5 Å². The van der Waals surface area contributed by atoms with Crippen LogP contribution in [0.5, 0.6) is 11.5 Å². The van der Waals surface area contributed by atoms with Crippen molar-refractivity contribution < 1.29 is 23.9 Å². The van der Waals surface area contributed by atoms with Crippen LogP contribution in [0.25, 0.3) is 6.08 Å². The van der Waals surface area contributed by atoms with Crippen molar-refractivity contribution in [2.45, 2.75) is 38.1 Å². The van der Waals surface area contributed by atoms with E-state index in [2.05, 4.69) is 5.32 Å². The van der Waals surface area contributed by atoms with E-state index in [1.165, 1.54) is 25.2 Å². The number of hydrogen-bond acceptors (Lipinski definition) is 5. The number of methoxy groups -OCH3 is 2. The Kier molecular flexibility index (Phi) is 5.25. The molecule has 0 bridgehead atoms. The van der Waals surface area contributed by atoms with E-state index in [9.17, 15) is 14.4 Å². The maximum atomic E-state index is 12.8. The Bertz CT molecular complexity index is 765. The molecule has 26 heavy (non-hydrogen) atoms. The fraction of sp³-hybridized carbons (Fsp3) is 0.421. The predicted octanol–water partition coefficient (Wildman–Crippen LogP) is 2.50. The van der Waals surface area contributed by atoms with E-state index in [1.807, 2.05) is 0 Å². The zero-order valence-electron chi connectivity index (χ0n) is 14.9. The van der Waals surface area contributed by atoms with Crippen LogP contribution in [0.3, 0.4) is 0 Å². The van der Waals surface area contributed by atoms with Gasteiger partial charge in [-0.2, -0.15) is 0 Å². The van der Waals surface area contributed by atoms with Gasteiger partial charge in [0.2, 0.25) is 0 Å². The molecule has 1 aliphatic carbocycles. The highest BCUT2D eigenvalue weighted by atomic mass is 16.5. The largest absolute Gasteiger partial charge is 0.493 e. The summed E-state index contributed by atoms with van der Waals surface area (Å²) in [7, 11) is 3.04. The molecule has 0 radical (unpaired) electrons. The summed E-state index contributed by atoms with van der Waals surface area (Å²) < 4.78 is 10.4. The lowest BCUT2D eigenvalue weighted by Crippen LogP contribution is -2.58. The molecule has 0 aromatic heterocycles. The number of carbonyl (C=O) groups excluding carboxylic acids is 3. The Morgan fingerprint density at radius 2 is 1.73 bits per heavy atom. The van der Waals surface area contributed by atoms with Gasteiger partial charge in [0.1, 0.15) is 5.57 Å². The van der Waals surface area contributed by atoms with E-state index < -0.39 is 17.8 Å². The third kappa shape index (κ3) is 3.42. The molecule has 7 nitrogen and oxygen atoms in total. The van der Waals surface area contributed by atoms with Gasteiger partial charge in [0, 0.05) is 6.04 Å². The zero-order chi connectivity index (χ0) is 18.7. The maximum Gasteiger partial charge on any atom is 0.331 e. The van der Waals surface area contributed by atoms with Crippen molar-refractivity contribution >= 4 is 23.9 Å². The van der Waals surface area contributed by atoms with Crippen molar-refractivity contribution in [1.29, 1.82) is 0 Å². The number of rotatable bonds is 4. The van der Waals surface area contributed by atoms with Crippen LogP contribution in [0.2, 0.25) is 0 Å². The van der Waals surface area contributed by atoms with Gasteiger partial charge in [0.25, 0.3) is 11.8 Å². The molecule has 0 unspecified atom stereocenters. The number of imide groups is 2. The van der Waals surface area contributed by atoms with Crippen molar-refractivity contribution in [1.82, 2.24) is 10.2 Å². The number of urea groups is 1. The van der Waals surface area contributed by atoms with Crippen LogP contribution in [-0.4, -0.2) is 43.0 Å². The average molecular weight is 358 g/mol. The Balaban J connectivity index is 1.92. The summed E-state index contributed by atoms with van der Waals surface area (Å²) in [5.74, 6) is -0.180. The highest BCUT2D eigenvalue weighted by Gasteiger charge is 2.40. The molecular weight excluding hydrogens is 336 g/mol. The Labute approximate surface area is 151 Å². The molecule has 0 spiro atoms. The zero-order valence-corrected chi connectivity index (χ0v) is 14.9. The lowest BCUT2D eigenvalue weighted by molar-refractivity contribution is -0.132. The van der Waals surface area contributed by atoms with Gasteiger partial charge in [0.05, 0.1) is 14.2 Å². The van der Waals surface area contributed by atoms with Crippen LogP contribution in [0.1, 0.15) is 37.7 Å². The molecule has 0 atom stereocenters. The standard InChI is InChI=1S/C19H22N2O5/c1-25-15-9-8-12(11-16(15)26-2)10-14-17(22)20-19(24)21(18(14)23)13-6-4-3-5-7-13/h8-11,13H,3-7H2,1-2H3,(H,20,22,24)/b14-10-. The first kappa shape index (κ1) is 18.0. The predicted molar refractivity (Wildman–Crippen MR) is 94.8 cm³/mol. The molecule has 1 aromatic carbocycles. The van der Waals surface area contributed by atoms with Crippen LogP contribution >= 0.6 is 0 Å². The average Bonchev–Trinajstić information content (AvgIpc) is 2.65. The van der Waals surface area contributed by atoms with Gasteiger partial charge in [-0.3, -0.25) is 19.8 Å². The number of nitrogens with zero attached hydrogens (tertiary/aromatic N) is 1. The molecule has 3 rings (SSSR count). The van der Waals surface area contributed by atoms with E-state index in [-0.39, 0.29) is 11.6 Å². The minimum Gasteiger partial charge on any atom is -0.493 e. The second kappa shape index (κ2) is 7.59. The SMILES string of the molecule is COc1ccc(/C=C2/C(=O)NC(=O)N(C3CCCCC3)C2=O)cc1OC. The fourth-order valence-corrected chi connectivity index (χ4v) is 3.45. The monoisotopic (exact) mass is 358 g/mol. The Morgan fingerprint density at radius 1 is 1.04 bits per heavy atom. The van der Waals surface area contributed by atoms with Crippen molar-refractivity contribution in [3.63, 3.8) is 0 Å². The molecule has 2 aliphatic rings. The summed E-state index contributed by atoms with van der Waals surface area (Å²) in [6, 6.07) is 4.30. The van der Waals surface area contributed by atoms with Crippen LogP contribution in [0, 0.1) is 0 Å². The van der Waals surface area contributed by atoms with Crippen molar-refractivity contribution in [2.24, 2.45) is 0 Å². The van der Waals surface area contributed by atoms with Gasteiger partial charge >= 0.3 is 6.03 Å². The number of barbiturate groups is 1. The minimum atomic E-state index is -0.679. The van der Waals surface area contributed by atoms with E-state index in [0.717, 1.165) is 32.1 Å². The Morgan fingerprint density at radius 3 is 2.38 bits per heavy atom. The summed E-state index contributed by atoms with van der Waals surface area (Å²) >= 11 is 0. The van der Waals surface area contributed by atoms with E-state index in [0.29, 0.717) is 17.1 Å². The van der Waals surface area contributed by atoms with Gasteiger partial charge in [-0.25, -0.2) is 4.79 Å². The molecule has 138 valence electrons. The van der Waals surface area contributed by atoms with E-state index >= 15 is 0 Å². The van der Waals surface area contributed by atoms with Crippen LogP contribution in [-0.2, 0) is 9.59 Å². The molecule has 4 amide bonds. The first-order chi connectivity index (χ1) is 12.5. The molecule has 1 N–H and O–H groups in total. The fourth-order valence-electron chi connectivity index (χ4n) is 3.45. The topological polar surface area (TPSA) is 84.9 Å². The van der Waals surface area contributed by atoms with E-state index in [1.54, 1.807) is 18.2 Å². The number of carbonyl (C=O) groups is 3. The van der Waals surface area contributed by atoms with Crippen molar-refractivity contribution in [3.05, 3.63) is 29.3 Å². The molecular formula is C19H22N2O5. The summed E-state index contributed by atoms with van der Waals surface area (Å²) in [5, 5.41) is 2.28. The lowest BCUT2D eigenvalue weighted by atomic mass is 9.93. The summed E-state index contributed by atoms with van der Waals surface area (Å²) in [4.78, 5) is 38.5. The molecule has 7 heteroatoms. The van der Waals surface area contributed by atoms with Gasteiger partial charge in [-0.05, 0) is 36.6 Å². The maximum absolute atomic E-state index is 12.8. The Hall–Kier alpha value is -2.83. The third-order valence-electron chi connectivity index (χ3n) is 4.79. The second-order valence-electron chi connectivity index (χ2n) is 6.40. The van der Waals surface area contributed by atoms with Gasteiger partial charge in [-0.1, -0.05) is 25.3 Å². The normalized spacial score (nSPS) is 20.3. The minimum absolute atomic E-state index is 0.0533. The molecule has 1 saturated carbocycles. The van der Waals surface area contributed by atoms with Crippen molar-refractivity contribution in [2.75, 3.05) is 14.2 Å². The summed E-state index contributed by atoms with van der Waals surface area (Å²) in [6.45, 7) is 0. The van der Waals surface area contributed by atoms with Crippen LogP contribution < -0.4 is 14.8 Å². The summed E-state index contributed by atoms with van der Waals surface area (Å²) in [5.41, 5.74) is 0.557. The molecule has 1 aromatic rings. The quantitative estimate of drug-likeness (QED) is 0.660. The first-order valence-electron chi connectivity index (χ1n) is 8.67. The smallest absolute Gasteiger partial charge is 0.331 e. The van der Waals surface area contributed by atoms with E-state index in [4.69, 9.17) is 9.47 Å². The van der Waals surface area contributed by atoms with Gasteiger partial charge in [0.15, 0.2) is 11.5 Å². The number of benzene rings is 1. The highest BCUT2D eigenvalue weighted by molar-refractivity contribution is 6.31. The second-order valence-corrected chi connectivity index (χ2v) is 6.40. The molecule has 1 heterocycles. The molecule has 1 aliphatic heterocycles. The number of ether oxygens (including phenoxy) is 2. The van der Waals surface area contributed by atoms with Crippen LogP contribution in [0.4, 0.5) is 4.79 Å². The third-order valence-corrected chi connectivity index (χ3v) is 4.79. The highest BCUT2D eigenvalue weighted by Crippen LogP contribution is 2.30. The number of nitrogens with one attached hydrogen (secondary N) is 1. The number of hydrogen-bond donors (Lipinski definition) is 1. The van der Waals surface area contributed by atoms with Gasteiger partial charge < -0.3 is 9.47 Å². The number of amides is 4. The van der Waals surface area contributed by atoms with Crippen LogP contribution in [0.15, 0.2) is 23.8 Å².